The van der Waals surface area contributed by atoms with E-state index in [1.54, 1.807) is 6.20 Å². The SMILES string of the molecule is CCn1c(-c2cccc(C(=O)N3CCN(CC(C)C)CC3)c2)nc2cccnc21. The maximum atomic E-state index is 13.1. The molecule has 4 rings (SSSR count). The molecule has 3 aromatic rings. The van der Waals surface area contributed by atoms with Gasteiger partial charge in [-0.25, -0.2) is 9.97 Å². The number of aromatic nitrogens is 3. The predicted octanol–water partition coefficient (Wildman–Crippen LogP) is 3.53. The monoisotopic (exact) mass is 391 g/mol. The summed E-state index contributed by atoms with van der Waals surface area (Å²) in [6, 6.07) is 11.7. The van der Waals surface area contributed by atoms with Crippen molar-refractivity contribution in [2.24, 2.45) is 5.92 Å². The van der Waals surface area contributed by atoms with Crippen molar-refractivity contribution in [1.29, 1.82) is 0 Å². The number of amides is 1. The van der Waals surface area contributed by atoms with Gasteiger partial charge in [-0.1, -0.05) is 26.0 Å². The van der Waals surface area contributed by atoms with Crippen molar-refractivity contribution in [3.8, 4) is 11.4 Å². The Balaban J connectivity index is 1.56. The molecule has 152 valence electrons. The molecule has 0 aliphatic carbocycles. The van der Waals surface area contributed by atoms with Crippen LogP contribution in [0.4, 0.5) is 0 Å². The van der Waals surface area contributed by atoms with E-state index in [0.29, 0.717) is 5.92 Å². The summed E-state index contributed by atoms with van der Waals surface area (Å²) in [7, 11) is 0. The number of pyridine rings is 1. The third-order valence-corrected chi connectivity index (χ3v) is 5.47. The molecule has 1 aromatic carbocycles. The summed E-state index contributed by atoms with van der Waals surface area (Å²) < 4.78 is 2.10. The molecule has 0 radical (unpaired) electrons. The quantitative estimate of drug-likeness (QED) is 0.668. The maximum Gasteiger partial charge on any atom is 0.253 e. The van der Waals surface area contributed by atoms with Crippen LogP contribution in [0.1, 0.15) is 31.1 Å². The van der Waals surface area contributed by atoms with Crippen LogP contribution >= 0.6 is 0 Å². The third kappa shape index (κ3) is 4.03. The summed E-state index contributed by atoms with van der Waals surface area (Å²) in [6.45, 7) is 11.9. The highest BCUT2D eigenvalue weighted by Crippen LogP contribution is 2.25. The van der Waals surface area contributed by atoms with Crippen LogP contribution in [0, 0.1) is 5.92 Å². The van der Waals surface area contributed by atoms with E-state index in [9.17, 15) is 4.79 Å². The normalized spacial score (nSPS) is 15.4. The summed E-state index contributed by atoms with van der Waals surface area (Å²) in [5, 5.41) is 0. The zero-order valence-electron chi connectivity index (χ0n) is 17.5. The van der Waals surface area contributed by atoms with Crippen molar-refractivity contribution in [2.75, 3.05) is 32.7 Å². The van der Waals surface area contributed by atoms with Gasteiger partial charge in [0.2, 0.25) is 0 Å². The van der Waals surface area contributed by atoms with Crippen molar-refractivity contribution in [3.05, 3.63) is 48.2 Å². The molecule has 0 unspecified atom stereocenters. The number of carbonyl (C=O) groups is 1. The Hall–Kier alpha value is -2.73. The van der Waals surface area contributed by atoms with Gasteiger partial charge in [-0.05, 0) is 37.1 Å². The number of fused-ring (bicyclic) bond motifs is 1. The highest BCUT2D eigenvalue weighted by atomic mass is 16.2. The van der Waals surface area contributed by atoms with E-state index in [0.717, 1.165) is 67.4 Å². The van der Waals surface area contributed by atoms with E-state index in [2.05, 4.69) is 35.2 Å². The molecule has 1 aliphatic rings. The van der Waals surface area contributed by atoms with Crippen molar-refractivity contribution >= 4 is 17.1 Å². The van der Waals surface area contributed by atoms with Crippen molar-refractivity contribution in [1.82, 2.24) is 24.3 Å². The fourth-order valence-corrected chi connectivity index (χ4v) is 4.10. The Labute approximate surface area is 172 Å². The molecule has 3 heterocycles. The van der Waals surface area contributed by atoms with Crippen LogP contribution in [0.25, 0.3) is 22.6 Å². The van der Waals surface area contributed by atoms with Crippen LogP contribution in [-0.2, 0) is 6.54 Å². The number of nitrogens with zero attached hydrogens (tertiary/aromatic N) is 5. The molecule has 0 N–H and O–H groups in total. The van der Waals surface area contributed by atoms with Crippen LogP contribution in [0.3, 0.4) is 0 Å². The van der Waals surface area contributed by atoms with Gasteiger partial charge in [0.1, 0.15) is 11.3 Å². The average molecular weight is 392 g/mol. The second-order valence-corrected chi connectivity index (χ2v) is 8.09. The van der Waals surface area contributed by atoms with Gasteiger partial charge < -0.3 is 9.47 Å². The molecule has 0 bridgehead atoms. The van der Waals surface area contributed by atoms with Crippen molar-refractivity contribution in [3.63, 3.8) is 0 Å². The number of benzene rings is 1. The Bertz CT molecular complexity index is 1000. The van der Waals surface area contributed by atoms with Gasteiger partial charge in [-0.15, -0.1) is 0 Å². The summed E-state index contributed by atoms with van der Waals surface area (Å²) in [5.74, 6) is 1.62. The lowest BCUT2D eigenvalue weighted by Crippen LogP contribution is -2.49. The van der Waals surface area contributed by atoms with Crippen LogP contribution in [0.5, 0.6) is 0 Å². The number of hydrogen-bond acceptors (Lipinski definition) is 4. The van der Waals surface area contributed by atoms with Gasteiger partial charge in [-0.3, -0.25) is 9.69 Å². The minimum atomic E-state index is 0.105. The first kappa shape index (κ1) is 19.6. The molecule has 0 atom stereocenters. The minimum absolute atomic E-state index is 0.105. The number of hydrogen-bond donors (Lipinski definition) is 0. The largest absolute Gasteiger partial charge is 0.336 e. The van der Waals surface area contributed by atoms with Crippen LogP contribution in [0.15, 0.2) is 42.6 Å². The van der Waals surface area contributed by atoms with E-state index in [-0.39, 0.29) is 5.91 Å². The van der Waals surface area contributed by atoms with E-state index >= 15 is 0 Å². The van der Waals surface area contributed by atoms with Gasteiger partial charge in [0.05, 0.1) is 0 Å². The Morgan fingerprint density at radius 1 is 1.10 bits per heavy atom. The minimum Gasteiger partial charge on any atom is -0.336 e. The smallest absolute Gasteiger partial charge is 0.253 e. The molecule has 0 spiro atoms. The fraction of sp³-hybridized carbons (Fsp3) is 0.435. The van der Waals surface area contributed by atoms with Crippen molar-refractivity contribution in [2.45, 2.75) is 27.3 Å². The predicted molar refractivity (Wildman–Crippen MR) is 116 cm³/mol. The van der Waals surface area contributed by atoms with Gasteiger partial charge in [0.25, 0.3) is 5.91 Å². The molecule has 29 heavy (non-hydrogen) atoms. The van der Waals surface area contributed by atoms with Crippen LogP contribution in [-0.4, -0.2) is 63.0 Å². The third-order valence-electron chi connectivity index (χ3n) is 5.47. The molecule has 1 fully saturated rings. The number of piperazine rings is 1. The molecular weight excluding hydrogens is 362 g/mol. The summed E-state index contributed by atoms with van der Waals surface area (Å²) in [5.41, 5.74) is 3.43. The van der Waals surface area contributed by atoms with Gasteiger partial charge in [-0.2, -0.15) is 0 Å². The molecule has 2 aromatic heterocycles. The van der Waals surface area contributed by atoms with E-state index in [1.165, 1.54) is 0 Å². The fourth-order valence-electron chi connectivity index (χ4n) is 4.10. The number of carbonyl (C=O) groups excluding carboxylic acids is 1. The zero-order valence-corrected chi connectivity index (χ0v) is 17.5. The van der Waals surface area contributed by atoms with Gasteiger partial charge >= 0.3 is 0 Å². The topological polar surface area (TPSA) is 54.3 Å². The molecule has 0 saturated carbocycles. The van der Waals surface area contributed by atoms with Crippen LogP contribution < -0.4 is 0 Å². The Kier molecular flexibility index (Phi) is 5.62. The zero-order chi connectivity index (χ0) is 20.4. The van der Waals surface area contributed by atoms with Crippen molar-refractivity contribution < 1.29 is 4.79 Å². The average Bonchev–Trinajstić information content (AvgIpc) is 3.12. The van der Waals surface area contributed by atoms with E-state index in [1.807, 2.05) is 41.3 Å². The first-order chi connectivity index (χ1) is 14.1. The summed E-state index contributed by atoms with van der Waals surface area (Å²) in [6.07, 6.45) is 1.79. The summed E-state index contributed by atoms with van der Waals surface area (Å²) in [4.78, 5) is 26.8. The van der Waals surface area contributed by atoms with E-state index in [4.69, 9.17) is 4.98 Å². The molecule has 1 aliphatic heterocycles. The lowest BCUT2D eigenvalue weighted by Gasteiger charge is -2.35. The standard InChI is InChI=1S/C23H29N5O/c1-4-28-21(25-20-9-6-10-24-22(20)28)18-7-5-8-19(15-18)23(29)27-13-11-26(12-14-27)16-17(2)3/h5-10,15,17H,4,11-14,16H2,1-3H3. The molecule has 1 saturated heterocycles. The first-order valence-corrected chi connectivity index (χ1v) is 10.5. The second-order valence-electron chi connectivity index (χ2n) is 8.09. The lowest BCUT2D eigenvalue weighted by atomic mass is 10.1. The number of imidazole rings is 1. The van der Waals surface area contributed by atoms with Gasteiger partial charge in [0.15, 0.2) is 5.65 Å². The van der Waals surface area contributed by atoms with E-state index < -0.39 is 0 Å². The lowest BCUT2D eigenvalue weighted by molar-refractivity contribution is 0.0624. The molecular formula is C23H29N5O. The number of aryl methyl sites for hydroxylation is 1. The highest BCUT2D eigenvalue weighted by Gasteiger charge is 2.23. The Morgan fingerprint density at radius 3 is 2.62 bits per heavy atom. The van der Waals surface area contributed by atoms with Gasteiger partial charge in [0, 0.05) is 56.6 Å². The molecule has 1 amide bonds. The first-order valence-electron chi connectivity index (χ1n) is 10.5. The maximum absolute atomic E-state index is 13.1. The molecule has 6 nitrogen and oxygen atoms in total. The van der Waals surface area contributed by atoms with Crippen LogP contribution in [0.2, 0.25) is 0 Å². The number of rotatable bonds is 5. The Morgan fingerprint density at radius 2 is 1.90 bits per heavy atom. The molecule has 6 heteroatoms. The summed E-state index contributed by atoms with van der Waals surface area (Å²) >= 11 is 0. The highest BCUT2D eigenvalue weighted by molar-refractivity contribution is 5.95. The second kappa shape index (κ2) is 8.33.